The molecular weight excluding hydrogens is 224 g/mol. The van der Waals surface area contributed by atoms with Crippen LogP contribution in [0.5, 0.6) is 0 Å². The lowest BCUT2D eigenvalue weighted by atomic mass is 10.1. The molecule has 4 nitrogen and oxygen atoms in total. The average Bonchev–Trinajstić information content (AvgIpc) is 2.72. The molecule has 4 heteroatoms. The first-order valence-corrected chi connectivity index (χ1v) is 7.23. The van der Waals surface area contributed by atoms with Crippen LogP contribution in [0.25, 0.3) is 0 Å². The van der Waals surface area contributed by atoms with Gasteiger partial charge in [0.15, 0.2) is 5.96 Å². The van der Waals surface area contributed by atoms with Crippen LogP contribution in [0.15, 0.2) is 4.99 Å². The molecule has 1 saturated heterocycles. The van der Waals surface area contributed by atoms with E-state index in [0.29, 0.717) is 0 Å². The lowest BCUT2D eigenvalue weighted by molar-refractivity contribution is 0.343. The van der Waals surface area contributed by atoms with E-state index in [1.165, 1.54) is 26.1 Å². The van der Waals surface area contributed by atoms with Gasteiger partial charge < -0.3 is 15.5 Å². The molecule has 0 aliphatic carbocycles. The van der Waals surface area contributed by atoms with Crippen molar-refractivity contribution in [1.29, 1.82) is 0 Å². The van der Waals surface area contributed by atoms with Gasteiger partial charge in [-0.15, -0.1) is 0 Å². The molecule has 1 rings (SSSR count). The molecule has 1 aliphatic rings. The average molecular weight is 254 g/mol. The molecule has 1 atom stereocenters. The fourth-order valence-corrected chi connectivity index (χ4v) is 2.23. The molecule has 1 aliphatic heterocycles. The number of hydrogen-bond donors (Lipinski definition) is 2. The molecule has 106 valence electrons. The topological polar surface area (TPSA) is 39.7 Å². The highest BCUT2D eigenvalue weighted by Gasteiger charge is 2.21. The van der Waals surface area contributed by atoms with Crippen LogP contribution in [-0.4, -0.2) is 49.1 Å². The van der Waals surface area contributed by atoms with Crippen molar-refractivity contribution in [2.45, 2.75) is 46.6 Å². The van der Waals surface area contributed by atoms with E-state index in [9.17, 15) is 0 Å². The smallest absolute Gasteiger partial charge is 0.191 e. The van der Waals surface area contributed by atoms with Crippen molar-refractivity contribution in [2.24, 2.45) is 10.9 Å². The Kier molecular flexibility index (Phi) is 5.93. The third-order valence-corrected chi connectivity index (χ3v) is 3.16. The van der Waals surface area contributed by atoms with Crippen LogP contribution >= 0.6 is 0 Å². The summed E-state index contributed by atoms with van der Waals surface area (Å²) in [7, 11) is 0. The summed E-state index contributed by atoms with van der Waals surface area (Å²) in [4.78, 5) is 7.22. The molecule has 2 N–H and O–H groups in total. The summed E-state index contributed by atoms with van der Waals surface area (Å²) in [5.41, 5.74) is 0.0616. The molecule has 18 heavy (non-hydrogen) atoms. The predicted octanol–water partition coefficient (Wildman–Crippen LogP) is 1.68. The van der Waals surface area contributed by atoms with Gasteiger partial charge in [-0.1, -0.05) is 6.92 Å². The van der Waals surface area contributed by atoms with E-state index in [2.05, 4.69) is 50.2 Å². The zero-order valence-electron chi connectivity index (χ0n) is 12.7. The SMILES string of the molecule is CCNC(=NCC1CCN(CC)C1)NC(C)(C)C. The van der Waals surface area contributed by atoms with Gasteiger partial charge in [-0.25, -0.2) is 0 Å². The first-order valence-electron chi connectivity index (χ1n) is 7.23. The molecule has 0 amide bonds. The maximum atomic E-state index is 4.72. The highest BCUT2D eigenvalue weighted by molar-refractivity contribution is 5.80. The Morgan fingerprint density at radius 3 is 2.56 bits per heavy atom. The van der Waals surface area contributed by atoms with E-state index in [1.807, 2.05) is 0 Å². The second kappa shape index (κ2) is 6.98. The maximum absolute atomic E-state index is 4.72. The third-order valence-electron chi connectivity index (χ3n) is 3.16. The van der Waals surface area contributed by atoms with Crippen LogP contribution in [0.1, 0.15) is 41.0 Å². The minimum Gasteiger partial charge on any atom is -0.357 e. The Balaban J connectivity index is 2.45. The first kappa shape index (κ1) is 15.3. The van der Waals surface area contributed by atoms with Crippen molar-refractivity contribution in [1.82, 2.24) is 15.5 Å². The monoisotopic (exact) mass is 254 g/mol. The summed E-state index contributed by atoms with van der Waals surface area (Å²) in [5.74, 6) is 1.67. The minimum atomic E-state index is 0.0616. The second-order valence-electron chi connectivity index (χ2n) is 6.14. The number of nitrogens with zero attached hydrogens (tertiary/aromatic N) is 2. The van der Waals surface area contributed by atoms with Gasteiger partial charge in [0.2, 0.25) is 0 Å². The Morgan fingerprint density at radius 1 is 1.33 bits per heavy atom. The molecule has 0 bridgehead atoms. The summed E-state index contributed by atoms with van der Waals surface area (Å²) in [6.07, 6.45) is 1.28. The largest absolute Gasteiger partial charge is 0.357 e. The van der Waals surface area contributed by atoms with Crippen molar-refractivity contribution in [3.05, 3.63) is 0 Å². The van der Waals surface area contributed by atoms with Crippen molar-refractivity contribution in [3.63, 3.8) is 0 Å². The number of rotatable bonds is 4. The van der Waals surface area contributed by atoms with Crippen LogP contribution < -0.4 is 10.6 Å². The van der Waals surface area contributed by atoms with Gasteiger partial charge >= 0.3 is 0 Å². The first-order chi connectivity index (χ1) is 8.44. The molecule has 0 aromatic rings. The second-order valence-corrected chi connectivity index (χ2v) is 6.14. The van der Waals surface area contributed by atoms with Crippen molar-refractivity contribution < 1.29 is 0 Å². The number of guanidine groups is 1. The summed E-state index contributed by atoms with van der Waals surface area (Å²) >= 11 is 0. The third kappa shape index (κ3) is 5.71. The van der Waals surface area contributed by atoms with E-state index in [-0.39, 0.29) is 5.54 Å². The van der Waals surface area contributed by atoms with Crippen molar-refractivity contribution in [3.8, 4) is 0 Å². The van der Waals surface area contributed by atoms with Crippen LogP contribution in [0.2, 0.25) is 0 Å². The quantitative estimate of drug-likeness (QED) is 0.592. The molecule has 1 fully saturated rings. The molecule has 0 radical (unpaired) electrons. The summed E-state index contributed by atoms with van der Waals surface area (Å²) in [6.45, 7) is 16.3. The lowest BCUT2D eigenvalue weighted by Gasteiger charge is -2.24. The van der Waals surface area contributed by atoms with Crippen LogP contribution in [0.4, 0.5) is 0 Å². The zero-order chi connectivity index (χ0) is 13.6. The number of nitrogens with one attached hydrogen (secondary N) is 2. The Morgan fingerprint density at radius 2 is 2.06 bits per heavy atom. The van der Waals surface area contributed by atoms with Crippen LogP contribution in [-0.2, 0) is 0 Å². The van der Waals surface area contributed by atoms with Crippen molar-refractivity contribution >= 4 is 5.96 Å². The van der Waals surface area contributed by atoms with Gasteiger partial charge in [0.05, 0.1) is 0 Å². The van der Waals surface area contributed by atoms with Crippen molar-refractivity contribution in [2.75, 3.05) is 32.7 Å². The normalized spacial score (nSPS) is 22.3. The molecule has 0 saturated carbocycles. The van der Waals surface area contributed by atoms with E-state index in [4.69, 9.17) is 4.99 Å². The zero-order valence-corrected chi connectivity index (χ0v) is 12.7. The number of likely N-dealkylation sites (tertiary alicyclic amines) is 1. The molecule has 0 aromatic heterocycles. The van der Waals surface area contributed by atoms with Gasteiger partial charge in [0, 0.05) is 25.2 Å². The fraction of sp³-hybridized carbons (Fsp3) is 0.929. The molecular formula is C14H30N4. The molecule has 1 heterocycles. The molecule has 0 aromatic carbocycles. The van der Waals surface area contributed by atoms with E-state index in [0.717, 1.165) is 25.0 Å². The van der Waals surface area contributed by atoms with E-state index < -0.39 is 0 Å². The van der Waals surface area contributed by atoms with Crippen LogP contribution in [0.3, 0.4) is 0 Å². The Bertz CT molecular complexity index is 267. The van der Waals surface area contributed by atoms with Gasteiger partial charge in [0.1, 0.15) is 0 Å². The number of hydrogen-bond acceptors (Lipinski definition) is 2. The fourth-order valence-electron chi connectivity index (χ4n) is 2.23. The van der Waals surface area contributed by atoms with Crippen LogP contribution in [0, 0.1) is 5.92 Å². The lowest BCUT2D eigenvalue weighted by Crippen LogP contribution is -2.47. The highest BCUT2D eigenvalue weighted by Crippen LogP contribution is 2.15. The Labute approximate surface area is 112 Å². The van der Waals surface area contributed by atoms with Gasteiger partial charge in [-0.2, -0.15) is 0 Å². The highest BCUT2D eigenvalue weighted by atomic mass is 15.2. The predicted molar refractivity (Wildman–Crippen MR) is 79.1 cm³/mol. The van der Waals surface area contributed by atoms with Gasteiger partial charge in [-0.3, -0.25) is 4.99 Å². The van der Waals surface area contributed by atoms with E-state index >= 15 is 0 Å². The minimum absolute atomic E-state index is 0.0616. The van der Waals surface area contributed by atoms with Gasteiger partial charge in [-0.05, 0) is 53.1 Å². The van der Waals surface area contributed by atoms with E-state index in [1.54, 1.807) is 0 Å². The number of aliphatic imine (C=N–C) groups is 1. The maximum Gasteiger partial charge on any atom is 0.191 e. The summed E-state index contributed by atoms with van der Waals surface area (Å²) < 4.78 is 0. The summed E-state index contributed by atoms with van der Waals surface area (Å²) in [5, 5.41) is 6.75. The molecule has 1 unspecified atom stereocenters. The summed E-state index contributed by atoms with van der Waals surface area (Å²) in [6, 6.07) is 0. The standard InChI is InChI=1S/C14H30N4/c1-6-15-13(17-14(3,4)5)16-10-12-8-9-18(7-2)11-12/h12H,6-11H2,1-5H3,(H2,15,16,17). The molecule has 0 spiro atoms. The Hall–Kier alpha value is -0.770. The van der Waals surface area contributed by atoms with Gasteiger partial charge in [0.25, 0.3) is 0 Å².